The van der Waals surface area contributed by atoms with Crippen LogP contribution in [0.4, 0.5) is 0 Å². The summed E-state index contributed by atoms with van der Waals surface area (Å²) in [5.41, 5.74) is 2.17. The molecular formula is C54H58N2O22. The number of fused-ring (bicyclic) bond motifs is 6. The number of hydrogen-bond donors (Lipinski definition) is 12. The van der Waals surface area contributed by atoms with Gasteiger partial charge in [0.2, 0.25) is 23.1 Å². The minimum Gasteiger partial charge on any atom is -0.507 e. The summed E-state index contributed by atoms with van der Waals surface area (Å²) in [4.78, 5) is 57.4. The van der Waals surface area contributed by atoms with E-state index in [0.717, 1.165) is 0 Å². The summed E-state index contributed by atoms with van der Waals surface area (Å²) in [6.07, 6.45) is -13.9. The number of rotatable bonds is 9. The van der Waals surface area contributed by atoms with Gasteiger partial charge in [-0.05, 0) is 26.0 Å². The number of ether oxygens (including phenoxy) is 8. The maximum atomic E-state index is 14.4. The molecule has 14 atom stereocenters. The number of ketones is 4. The third-order valence-electron chi connectivity index (χ3n) is 16.8. The summed E-state index contributed by atoms with van der Waals surface area (Å²) in [5, 5.41) is 121. The summed E-state index contributed by atoms with van der Waals surface area (Å²) in [6, 6.07) is 6.50. The van der Waals surface area contributed by atoms with Gasteiger partial charge in [-0.15, -0.1) is 0 Å². The smallest absolute Gasteiger partial charge is 0.224 e. The molecule has 0 spiro atoms. The molecule has 0 aromatic heterocycles. The summed E-state index contributed by atoms with van der Waals surface area (Å²) < 4.78 is 47.9. The van der Waals surface area contributed by atoms with Crippen molar-refractivity contribution in [3.8, 4) is 34.5 Å². The summed E-state index contributed by atoms with van der Waals surface area (Å²) in [7, 11) is 2.54. The molecule has 11 rings (SSSR count). The number of aromatic hydroxyl groups is 4. The Hall–Kier alpha value is -6.20. The van der Waals surface area contributed by atoms with Gasteiger partial charge in [-0.1, -0.05) is 24.3 Å². The van der Waals surface area contributed by atoms with Crippen LogP contribution in [0.2, 0.25) is 0 Å². The van der Waals surface area contributed by atoms with Crippen molar-refractivity contribution in [3.63, 3.8) is 0 Å². The summed E-state index contributed by atoms with van der Waals surface area (Å²) in [6.45, 7) is 0.573. The van der Waals surface area contributed by atoms with Gasteiger partial charge in [0.15, 0.2) is 24.1 Å². The number of nitrogens with two attached hydrogens (primary N) is 2. The number of carbonyl (C=O) groups is 4. The Labute approximate surface area is 443 Å². The first-order valence-electron chi connectivity index (χ1n) is 25.2. The molecule has 0 radical (unpaired) electrons. The lowest BCUT2D eigenvalue weighted by molar-refractivity contribution is -0.366. The largest absolute Gasteiger partial charge is 0.507 e. The molecule has 3 saturated heterocycles. The van der Waals surface area contributed by atoms with Crippen LogP contribution >= 0.6 is 0 Å². The number of methoxy groups -OCH3 is 2. The van der Waals surface area contributed by atoms with E-state index in [1.807, 2.05) is 0 Å². The van der Waals surface area contributed by atoms with Crippen LogP contribution in [-0.4, -0.2) is 173 Å². The van der Waals surface area contributed by atoms with E-state index >= 15 is 0 Å². The van der Waals surface area contributed by atoms with Gasteiger partial charge in [-0.2, -0.15) is 0 Å². The van der Waals surface area contributed by atoms with Crippen LogP contribution in [0.3, 0.4) is 0 Å². The molecule has 24 nitrogen and oxygen atoms in total. The van der Waals surface area contributed by atoms with Gasteiger partial charge in [0.05, 0.1) is 84.2 Å². The zero-order valence-corrected chi connectivity index (χ0v) is 42.4. The molecule has 416 valence electrons. The van der Waals surface area contributed by atoms with Crippen molar-refractivity contribution in [3.05, 3.63) is 103 Å². The first-order valence-corrected chi connectivity index (χ1v) is 25.2. The van der Waals surface area contributed by atoms with Gasteiger partial charge in [0.25, 0.3) is 0 Å². The number of phenolic OH excluding ortho intramolecular Hbond substituents is 4. The van der Waals surface area contributed by atoms with Gasteiger partial charge < -0.3 is 100 Å². The second kappa shape index (κ2) is 18.7. The Bertz CT molecular complexity index is 3220. The fourth-order valence-corrected chi connectivity index (χ4v) is 12.6. The number of aliphatic hydroxyl groups excluding tert-OH is 3. The quantitative estimate of drug-likeness (QED) is 0.0867. The van der Waals surface area contributed by atoms with Crippen LogP contribution in [0.25, 0.3) is 0 Å². The molecule has 7 aliphatic rings. The Morgan fingerprint density at radius 3 is 1.42 bits per heavy atom. The highest BCUT2D eigenvalue weighted by Gasteiger charge is 2.70. The van der Waals surface area contributed by atoms with Crippen molar-refractivity contribution in [2.45, 2.75) is 136 Å². The van der Waals surface area contributed by atoms with E-state index in [9.17, 15) is 70.2 Å². The highest BCUT2D eigenvalue weighted by atomic mass is 16.8. The molecule has 4 aromatic rings. The van der Waals surface area contributed by atoms with Crippen LogP contribution in [0.15, 0.2) is 36.4 Å². The third kappa shape index (κ3) is 7.65. The van der Waals surface area contributed by atoms with Gasteiger partial charge >= 0.3 is 0 Å². The van der Waals surface area contributed by atoms with Crippen molar-refractivity contribution in [2.75, 3.05) is 27.4 Å². The van der Waals surface area contributed by atoms with Gasteiger partial charge in [0.1, 0.15) is 58.9 Å². The molecule has 0 amide bonds. The minimum absolute atomic E-state index is 0.0101. The standard InChI is InChI=1S/C54H58N2O22/c1-19-41(58)25(55)11-31(74-19)76-29-15-51(68,13-23-35(29)49(66)39-37(45(23)62)43(60)21-7-5-9-27(71-3)33(21)47(39)64)53(70)18-73-54(17-57,78-53)52(69)14-24-36(30(16-52)77-32-12-26(56)42(59)20(2)75-32)50(67)40-38(46(24)63)44(61)22-8-6-10-28(72-4)34(22)48(40)65/h5-10,19-20,25-26,29-32,41-42,57-59,62-63,66-70H,11-18,55-56H2,1-4H3/t19?,20?,25-,26-,29+,30+,31+,32+,41-,42-,51+,52+,53?,54?/m1/s1. The predicted octanol–water partition coefficient (Wildman–Crippen LogP) is 0.317. The molecule has 24 heteroatoms. The number of aliphatic hydroxyl groups is 6. The lowest BCUT2D eigenvalue weighted by atomic mass is 9.69. The lowest BCUT2D eigenvalue weighted by Crippen LogP contribution is -2.65. The fourth-order valence-electron chi connectivity index (χ4n) is 12.6. The number of carbonyl (C=O) groups excluding carboxylic acids is 4. The maximum Gasteiger partial charge on any atom is 0.224 e. The fraction of sp³-hybridized carbons (Fsp3) is 0.481. The third-order valence-corrected chi connectivity index (χ3v) is 16.8. The van der Waals surface area contributed by atoms with E-state index in [-0.39, 0.29) is 57.7 Å². The number of benzene rings is 4. The highest BCUT2D eigenvalue weighted by Crippen LogP contribution is 2.60. The number of hydrogen-bond acceptors (Lipinski definition) is 24. The molecule has 3 fully saturated rings. The van der Waals surface area contributed by atoms with Crippen LogP contribution in [0, 0.1) is 0 Å². The molecule has 78 heavy (non-hydrogen) atoms. The monoisotopic (exact) mass is 1090 g/mol. The summed E-state index contributed by atoms with van der Waals surface area (Å²) >= 11 is 0. The van der Waals surface area contributed by atoms with Crippen molar-refractivity contribution >= 4 is 23.1 Å². The van der Waals surface area contributed by atoms with Crippen LogP contribution in [0.1, 0.15) is 138 Å². The van der Waals surface area contributed by atoms with E-state index in [4.69, 9.17) is 49.4 Å². The lowest BCUT2D eigenvalue weighted by Gasteiger charge is -2.50. The van der Waals surface area contributed by atoms with Crippen molar-refractivity contribution < 1.29 is 108 Å². The second-order valence-electron chi connectivity index (χ2n) is 21.2. The van der Waals surface area contributed by atoms with E-state index in [1.54, 1.807) is 0 Å². The van der Waals surface area contributed by atoms with Crippen molar-refractivity contribution in [1.29, 1.82) is 0 Å². The minimum atomic E-state index is -3.09. The molecule has 0 bridgehead atoms. The normalized spacial score (nSPS) is 35.0. The molecule has 14 N–H and O–H groups in total. The van der Waals surface area contributed by atoms with Gasteiger partial charge in [0, 0.05) is 84.0 Å². The molecule has 3 aliphatic heterocycles. The van der Waals surface area contributed by atoms with Crippen LogP contribution < -0.4 is 20.9 Å². The molecule has 4 unspecified atom stereocenters. The molecule has 4 aromatic carbocycles. The average Bonchev–Trinajstić information content (AvgIpc) is 3.98. The molecule has 0 saturated carbocycles. The first-order chi connectivity index (χ1) is 36.9. The van der Waals surface area contributed by atoms with Gasteiger partial charge in [-0.25, -0.2) is 0 Å². The van der Waals surface area contributed by atoms with Crippen LogP contribution in [-0.2, 0) is 41.3 Å². The Balaban J connectivity index is 1.01. The van der Waals surface area contributed by atoms with Crippen molar-refractivity contribution in [1.82, 2.24) is 0 Å². The maximum absolute atomic E-state index is 14.4. The average molecular weight is 1090 g/mol. The predicted molar refractivity (Wildman–Crippen MR) is 261 cm³/mol. The second-order valence-corrected chi connectivity index (χ2v) is 21.2. The van der Waals surface area contributed by atoms with E-state index in [2.05, 4.69) is 0 Å². The Morgan fingerprint density at radius 1 is 0.603 bits per heavy atom. The zero-order chi connectivity index (χ0) is 56.0. The zero-order valence-electron chi connectivity index (χ0n) is 42.4. The first kappa shape index (κ1) is 53.8. The van der Waals surface area contributed by atoms with Crippen molar-refractivity contribution in [2.24, 2.45) is 11.5 Å². The molecule has 4 aliphatic carbocycles. The molecular weight excluding hydrogens is 1030 g/mol. The highest BCUT2D eigenvalue weighted by molar-refractivity contribution is 6.32. The van der Waals surface area contributed by atoms with Gasteiger partial charge in [-0.3, -0.25) is 19.2 Å². The SMILES string of the molecule is COc1cccc2c1C(=O)c1c(O)c3c(c(O)c1C2=O)C[C@@](O)(C1(O)COC(CO)([C@]2(O)Cc4c(O)c5c(c(O)c4[C@@H](O[C@H]4C[C@@H](N)[C@H](O)C(C)O4)C2)C(=O)c2c(OC)cccc2C5=O)O1)C[C@@H]3O[C@H]1C[C@@H](N)[C@H](O)C(C)O1. The van der Waals surface area contributed by atoms with E-state index in [0.29, 0.717) is 0 Å². The Kier molecular flexibility index (Phi) is 12.9. The van der Waals surface area contributed by atoms with E-state index in [1.165, 1.54) is 64.5 Å². The number of phenols is 4. The molecule has 3 heterocycles. The van der Waals surface area contributed by atoms with Crippen LogP contribution in [0.5, 0.6) is 34.5 Å². The van der Waals surface area contributed by atoms with E-state index < -0.39 is 202 Å². The Morgan fingerprint density at radius 2 is 1.01 bits per heavy atom. The topological polar surface area (TPSA) is 396 Å². The summed E-state index contributed by atoms with van der Waals surface area (Å²) in [5.74, 6) is -13.1.